The zero-order valence-corrected chi connectivity index (χ0v) is 11.1. The first-order valence-corrected chi connectivity index (χ1v) is 6.08. The number of hydrogen-bond acceptors (Lipinski definition) is 2. The highest BCUT2D eigenvalue weighted by Crippen LogP contribution is 2.35. The van der Waals surface area contributed by atoms with Gasteiger partial charge in [0.25, 0.3) is 0 Å². The summed E-state index contributed by atoms with van der Waals surface area (Å²) in [6, 6.07) is 9.10. The smallest absolute Gasteiger partial charge is 0.130 e. The quantitative estimate of drug-likeness (QED) is 0.859. The van der Waals surface area contributed by atoms with Gasteiger partial charge in [0.15, 0.2) is 0 Å². The zero-order valence-electron chi connectivity index (χ0n) is 10.3. The highest BCUT2D eigenvalue weighted by Gasteiger charge is 2.10. The maximum atomic E-state index is 10.2. The summed E-state index contributed by atoms with van der Waals surface area (Å²) in [6.45, 7) is 3.34. The SMILES string of the molecule is CC(C)(O)/C=C/c1cc(Cl)c2ccccc2c1O. The molecule has 0 spiro atoms. The van der Waals surface area contributed by atoms with Gasteiger partial charge in [-0.15, -0.1) is 0 Å². The first-order chi connectivity index (χ1) is 8.38. The maximum Gasteiger partial charge on any atom is 0.130 e. The van der Waals surface area contributed by atoms with Crippen molar-refractivity contribution in [1.29, 1.82) is 0 Å². The average Bonchev–Trinajstić information content (AvgIpc) is 2.31. The second kappa shape index (κ2) is 4.63. The number of benzene rings is 2. The number of phenols is 1. The molecule has 2 N–H and O–H groups in total. The van der Waals surface area contributed by atoms with Gasteiger partial charge in [-0.1, -0.05) is 48.0 Å². The molecule has 18 heavy (non-hydrogen) atoms. The third-order valence-corrected chi connectivity index (χ3v) is 2.98. The molecule has 0 heterocycles. The Morgan fingerprint density at radius 1 is 1.17 bits per heavy atom. The molecule has 2 nitrogen and oxygen atoms in total. The molecule has 0 saturated carbocycles. The van der Waals surface area contributed by atoms with E-state index in [1.165, 1.54) is 0 Å². The van der Waals surface area contributed by atoms with Crippen molar-refractivity contribution >= 4 is 28.4 Å². The number of fused-ring (bicyclic) bond motifs is 1. The molecule has 0 aromatic heterocycles. The molecule has 0 aliphatic heterocycles. The molecule has 2 rings (SSSR count). The topological polar surface area (TPSA) is 40.5 Å². The highest BCUT2D eigenvalue weighted by molar-refractivity contribution is 6.36. The molecule has 3 heteroatoms. The van der Waals surface area contributed by atoms with Gasteiger partial charge in [0, 0.05) is 21.4 Å². The van der Waals surface area contributed by atoms with Crippen molar-refractivity contribution in [2.45, 2.75) is 19.4 Å². The number of rotatable bonds is 2. The van der Waals surface area contributed by atoms with Gasteiger partial charge in [0.2, 0.25) is 0 Å². The molecule has 0 aliphatic carbocycles. The van der Waals surface area contributed by atoms with Crippen LogP contribution in [0.2, 0.25) is 5.02 Å². The number of halogens is 1. The highest BCUT2D eigenvalue weighted by atomic mass is 35.5. The van der Waals surface area contributed by atoms with E-state index in [0.717, 1.165) is 5.39 Å². The average molecular weight is 263 g/mol. The van der Waals surface area contributed by atoms with Gasteiger partial charge in [0.05, 0.1) is 5.60 Å². The van der Waals surface area contributed by atoms with Crippen LogP contribution in [0.25, 0.3) is 16.8 Å². The molecule has 0 atom stereocenters. The first-order valence-electron chi connectivity index (χ1n) is 5.70. The van der Waals surface area contributed by atoms with E-state index in [-0.39, 0.29) is 5.75 Å². The fraction of sp³-hybridized carbons (Fsp3) is 0.200. The van der Waals surface area contributed by atoms with E-state index < -0.39 is 5.60 Å². The zero-order chi connectivity index (χ0) is 13.3. The molecular formula is C15H15ClO2. The number of aliphatic hydroxyl groups is 1. The molecule has 0 radical (unpaired) electrons. The Morgan fingerprint density at radius 3 is 2.39 bits per heavy atom. The normalized spacial score (nSPS) is 12.4. The fourth-order valence-corrected chi connectivity index (χ4v) is 2.04. The van der Waals surface area contributed by atoms with Crippen molar-refractivity contribution < 1.29 is 10.2 Å². The van der Waals surface area contributed by atoms with Crippen molar-refractivity contribution in [3.8, 4) is 5.75 Å². The monoisotopic (exact) mass is 262 g/mol. The van der Waals surface area contributed by atoms with E-state index in [1.807, 2.05) is 24.3 Å². The minimum Gasteiger partial charge on any atom is -0.507 e. The van der Waals surface area contributed by atoms with E-state index in [1.54, 1.807) is 32.1 Å². The Kier molecular flexibility index (Phi) is 3.33. The Balaban J connectivity index is 2.60. The van der Waals surface area contributed by atoms with Crippen molar-refractivity contribution in [3.05, 3.63) is 47.0 Å². The van der Waals surface area contributed by atoms with E-state index in [2.05, 4.69) is 0 Å². The Morgan fingerprint density at radius 2 is 1.78 bits per heavy atom. The van der Waals surface area contributed by atoms with Crippen LogP contribution >= 0.6 is 11.6 Å². The maximum absolute atomic E-state index is 10.2. The molecule has 2 aromatic rings. The molecule has 0 saturated heterocycles. The summed E-state index contributed by atoms with van der Waals surface area (Å²) >= 11 is 6.18. The Labute approximate surface area is 111 Å². The van der Waals surface area contributed by atoms with Gasteiger partial charge in [0.1, 0.15) is 5.75 Å². The molecule has 94 valence electrons. The van der Waals surface area contributed by atoms with Crippen LogP contribution in [0.3, 0.4) is 0 Å². The molecule has 0 amide bonds. The summed E-state index contributed by atoms with van der Waals surface area (Å²) in [5, 5.41) is 21.9. The predicted molar refractivity (Wildman–Crippen MR) is 76.0 cm³/mol. The largest absolute Gasteiger partial charge is 0.507 e. The molecule has 0 unspecified atom stereocenters. The van der Waals surface area contributed by atoms with E-state index >= 15 is 0 Å². The second-order valence-electron chi connectivity index (χ2n) is 4.83. The summed E-state index contributed by atoms with van der Waals surface area (Å²) < 4.78 is 0. The lowest BCUT2D eigenvalue weighted by molar-refractivity contribution is 0.134. The van der Waals surface area contributed by atoms with Gasteiger partial charge in [-0.25, -0.2) is 0 Å². The summed E-state index contributed by atoms with van der Waals surface area (Å²) in [4.78, 5) is 0. The lowest BCUT2D eigenvalue weighted by atomic mass is 10.0. The lowest BCUT2D eigenvalue weighted by Gasteiger charge is -2.11. The summed E-state index contributed by atoms with van der Waals surface area (Å²) in [5.74, 6) is 0.176. The van der Waals surface area contributed by atoms with E-state index in [4.69, 9.17) is 11.6 Å². The summed E-state index contributed by atoms with van der Waals surface area (Å²) in [5.41, 5.74) is -0.328. The van der Waals surface area contributed by atoms with Gasteiger partial charge in [-0.3, -0.25) is 0 Å². The van der Waals surface area contributed by atoms with Gasteiger partial charge in [-0.2, -0.15) is 0 Å². The molecule has 0 fully saturated rings. The number of phenolic OH excluding ortho intramolecular Hbond substituents is 1. The number of aromatic hydroxyl groups is 1. The minimum absolute atomic E-state index is 0.176. The van der Waals surface area contributed by atoms with Crippen LogP contribution in [0.4, 0.5) is 0 Å². The van der Waals surface area contributed by atoms with Crippen molar-refractivity contribution in [2.75, 3.05) is 0 Å². The van der Waals surface area contributed by atoms with Crippen LogP contribution in [0.1, 0.15) is 19.4 Å². The second-order valence-corrected chi connectivity index (χ2v) is 5.24. The lowest BCUT2D eigenvalue weighted by Crippen LogP contribution is -2.13. The van der Waals surface area contributed by atoms with Crippen LogP contribution in [0, 0.1) is 0 Å². The van der Waals surface area contributed by atoms with Crippen LogP contribution in [-0.4, -0.2) is 15.8 Å². The van der Waals surface area contributed by atoms with Gasteiger partial charge >= 0.3 is 0 Å². The van der Waals surface area contributed by atoms with Gasteiger partial charge in [-0.05, 0) is 19.9 Å². The standard InChI is InChI=1S/C15H15ClO2/c1-15(2,18)8-7-10-9-13(16)11-5-3-4-6-12(11)14(10)17/h3-9,17-18H,1-2H3/b8-7+. The fourth-order valence-electron chi connectivity index (χ4n) is 1.76. The van der Waals surface area contributed by atoms with Crippen LogP contribution in [0.15, 0.2) is 36.4 Å². The first kappa shape index (κ1) is 12.9. The molecule has 2 aromatic carbocycles. The predicted octanol–water partition coefficient (Wildman–Crippen LogP) is 3.98. The molecule has 0 bridgehead atoms. The number of hydrogen-bond donors (Lipinski definition) is 2. The Bertz CT molecular complexity index is 610. The summed E-state index contributed by atoms with van der Waals surface area (Å²) in [7, 11) is 0. The molecular weight excluding hydrogens is 248 g/mol. The summed E-state index contributed by atoms with van der Waals surface area (Å²) in [6.07, 6.45) is 3.29. The van der Waals surface area contributed by atoms with Gasteiger partial charge < -0.3 is 10.2 Å². The van der Waals surface area contributed by atoms with Crippen LogP contribution in [0.5, 0.6) is 5.75 Å². The van der Waals surface area contributed by atoms with Crippen molar-refractivity contribution in [2.24, 2.45) is 0 Å². The third kappa shape index (κ3) is 2.66. The molecule has 0 aliphatic rings. The van der Waals surface area contributed by atoms with Crippen LogP contribution < -0.4 is 0 Å². The van der Waals surface area contributed by atoms with E-state index in [9.17, 15) is 10.2 Å². The van der Waals surface area contributed by atoms with Crippen molar-refractivity contribution in [1.82, 2.24) is 0 Å². The van der Waals surface area contributed by atoms with E-state index in [0.29, 0.717) is 16.0 Å². The minimum atomic E-state index is -0.926. The van der Waals surface area contributed by atoms with Crippen molar-refractivity contribution in [3.63, 3.8) is 0 Å². The third-order valence-electron chi connectivity index (χ3n) is 2.67. The van der Waals surface area contributed by atoms with Crippen LogP contribution in [-0.2, 0) is 0 Å². The Hall–Kier alpha value is -1.51.